The highest BCUT2D eigenvalue weighted by Gasteiger charge is 2.23. The van der Waals surface area contributed by atoms with Crippen LogP contribution in [0.25, 0.3) is 0 Å². The predicted octanol–water partition coefficient (Wildman–Crippen LogP) is 3.83. The molecule has 1 N–H and O–H groups in total. The second kappa shape index (κ2) is 10.4. The standard InChI is InChI=1S/C24H32N4O3/c1-2-30-22-12-6-5-11-21(22)27-14-16-28(17-15-27)24(29)26-18-19-8-7-13-25-23(19)31-20-9-3-4-10-20/h5-8,11-13,20H,2-4,9-10,14-18H2,1H3,(H,26,29). The van der Waals surface area contributed by atoms with Gasteiger partial charge < -0.3 is 24.6 Å². The maximum atomic E-state index is 12.8. The number of ether oxygens (including phenoxy) is 2. The number of aromatic nitrogens is 1. The second-order valence-corrected chi connectivity index (χ2v) is 8.03. The number of anilines is 1. The van der Waals surface area contributed by atoms with Crippen molar-refractivity contribution in [1.29, 1.82) is 0 Å². The molecule has 2 amide bonds. The summed E-state index contributed by atoms with van der Waals surface area (Å²) in [4.78, 5) is 21.3. The number of pyridine rings is 1. The van der Waals surface area contributed by atoms with Crippen LogP contribution in [-0.4, -0.2) is 54.8 Å². The van der Waals surface area contributed by atoms with Gasteiger partial charge in [-0.2, -0.15) is 0 Å². The van der Waals surface area contributed by atoms with Crippen molar-refractivity contribution in [2.45, 2.75) is 45.3 Å². The maximum Gasteiger partial charge on any atom is 0.317 e. The zero-order chi connectivity index (χ0) is 21.5. The fraction of sp³-hybridized carbons (Fsp3) is 0.500. The van der Waals surface area contributed by atoms with Crippen LogP contribution >= 0.6 is 0 Å². The summed E-state index contributed by atoms with van der Waals surface area (Å²) in [5.41, 5.74) is 2.01. The maximum absolute atomic E-state index is 12.8. The van der Waals surface area contributed by atoms with E-state index in [2.05, 4.69) is 21.3 Å². The molecule has 2 aliphatic rings. The number of nitrogens with one attached hydrogen (secondary N) is 1. The number of para-hydroxylation sites is 2. The molecule has 31 heavy (non-hydrogen) atoms. The van der Waals surface area contributed by atoms with E-state index in [0.717, 1.165) is 42.9 Å². The molecule has 7 heteroatoms. The summed E-state index contributed by atoms with van der Waals surface area (Å²) >= 11 is 0. The minimum Gasteiger partial charge on any atom is -0.492 e. The Labute approximate surface area is 184 Å². The van der Waals surface area contributed by atoms with E-state index in [1.807, 2.05) is 42.2 Å². The van der Waals surface area contributed by atoms with E-state index in [0.29, 0.717) is 32.1 Å². The van der Waals surface area contributed by atoms with Gasteiger partial charge in [-0.1, -0.05) is 18.2 Å². The van der Waals surface area contributed by atoms with Gasteiger partial charge in [-0.05, 0) is 50.8 Å². The van der Waals surface area contributed by atoms with Crippen LogP contribution in [0.5, 0.6) is 11.6 Å². The molecule has 0 atom stereocenters. The van der Waals surface area contributed by atoms with E-state index in [9.17, 15) is 4.79 Å². The molecular weight excluding hydrogens is 392 g/mol. The number of rotatable bonds is 7. The quantitative estimate of drug-likeness (QED) is 0.732. The molecule has 2 heterocycles. The minimum atomic E-state index is -0.0478. The van der Waals surface area contributed by atoms with E-state index in [4.69, 9.17) is 9.47 Å². The molecule has 2 fully saturated rings. The Bertz CT molecular complexity index is 861. The highest BCUT2D eigenvalue weighted by Crippen LogP contribution is 2.29. The SMILES string of the molecule is CCOc1ccccc1N1CCN(C(=O)NCc2cccnc2OC2CCCC2)CC1. The Morgan fingerprint density at radius 2 is 1.87 bits per heavy atom. The molecule has 0 radical (unpaired) electrons. The Hall–Kier alpha value is -2.96. The zero-order valence-electron chi connectivity index (χ0n) is 18.3. The Kier molecular flexibility index (Phi) is 7.12. The molecular formula is C24H32N4O3. The van der Waals surface area contributed by atoms with E-state index in [1.165, 1.54) is 12.8 Å². The lowest BCUT2D eigenvalue weighted by Crippen LogP contribution is -2.51. The first-order chi connectivity index (χ1) is 15.2. The van der Waals surface area contributed by atoms with E-state index in [1.54, 1.807) is 6.20 Å². The van der Waals surface area contributed by atoms with Crippen LogP contribution in [-0.2, 0) is 6.54 Å². The van der Waals surface area contributed by atoms with Gasteiger partial charge in [0, 0.05) is 44.5 Å². The lowest BCUT2D eigenvalue weighted by molar-refractivity contribution is 0.191. The molecule has 0 spiro atoms. The minimum absolute atomic E-state index is 0.0478. The van der Waals surface area contributed by atoms with Gasteiger partial charge in [-0.15, -0.1) is 0 Å². The van der Waals surface area contributed by atoms with Gasteiger partial charge >= 0.3 is 6.03 Å². The third kappa shape index (κ3) is 5.40. The summed E-state index contributed by atoms with van der Waals surface area (Å²) in [6.07, 6.45) is 6.58. The average molecular weight is 425 g/mol. The van der Waals surface area contributed by atoms with Crippen LogP contribution in [0.2, 0.25) is 0 Å². The van der Waals surface area contributed by atoms with E-state index >= 15 is 0 Å². The summed E-state index contributed by atoms with van der Waals surface area (Å²) < 4.78 is 11.8. The molecule has 0 unspecified atom stereocenters. The average Bonchev–Trinajstić information content (AvgIpc) is 3.32. The highest BCUT2D eigenvalue weighted by molar-refractivity contribution is 5.74. The fourth-order valence-corrected chi connectivity index (χ4v) is 4.26. The summed E-state index contributed by atoms with van der Waals surface area (Å²) in [6, 6.07) is 11.9. The summed E-state index contributed by atoms with van der Waals surface area (Å²) in [6.45, 7) is 5.95. The van der Waals surface area contributed by atoms with Crippen molar-refractivity contribution in [2.24, 2.45) is 0 Å². The molecule has 1 aromatic carbocycles. The van der Waals surface area contributed by atoms with Gasteiger partial charge in [0.15, 0.2) is 0 Å². The van der Waals surface area contributed by atoms with Crippen molar-refractivity contribution in [3.63, 3.8) is 0 Å². The van der Waals surface area contributed by atoms with Crippen LogP contribution in [0.3, 0.4) is 0 Å². The molecule has 1 aliphatic heterocycles. The van der Waals surface area contributed by atoms with Crippen LogP contribution in [0.1, 0.15) is 38.2 Å². The topological polar surface area (TPSA) is 66.9 Å². The largest absolute Gasteiger partial charge is 0.492 e. The number of nitrogens with zero attached hydrogens (tertiary/aromatic N) is 3. The molecule has 1 saturated carbocycles. The number of carbonyl (C=O) groups excluding carboxylic acids is 1. The number of benzene rings is 1. The molecule has 0 bridgehead atoms. The summed E-state index contributed by atoms with van der Waals surface area (Å²) in [5, 5.41) is 3.04. The molecule has 7 nitrogen and oxygen atoms in total. The first-order valence-electron chi connectivity index (χ1n) is 11.3. The van der Waals surface area contributed by atoms with Gasteiger partial charge in [0.1, 0.15) is 11.9 Å². The molecule has 166 valence electrons. The van der Waals surface area contributed by atoms with Gasteiger partial charge in [0.25, 0.3) is 0 Å². The fourth-order valence-electron chi connectivity index (χ4n) is 4.26. The molecule has 1 aromatic heterocycles. The van der Waals surface area contributed by atoms with Crippen LogP contribution in [0.4, 0.5) is 10.5 Å². The zero-order valence-corrected chi connectivity index (χ0v) is 18.3. The van der Waals surface area contributed by atoms with Gasteiger partial charge in [0.2, 0.25) is 5.88 Å². The van der Waals surface area contributed by atoms with Gasteiger partial charge in [0.05, 0.1) is 12.3 Å². The number of carbonyl (C=O) groups is 1. The second-order valence-electron chi connectivity index (χ2n) is 8.03. The third-order valence-electron chi connectivity index (χ3n) is 5.93. The molecule has 1 saturated heterocycles. The van der Waals surface area contributed by atoms with Crippen LogP contribution in [0.15, 0.2) is 42.6 Å². The summed E-state index contributed by atoms with van der Waals surface area (Å²) in [5.74, 6) is 1.54. The first kappa shape index (κ1) is 21.3. The highest BCUT2D eigenvalue weighted by atomic mass is 16.5. The normalized spacial score (nSPS) is 16.9. The Morgan fingerprint density at radius 3 is 2.65 bits per heavy atom. The van der Waals surface area contributed by atoms with Crippen LogP contribution in [0, 0.1) is 0 Å². The van der Waals surface area contributed by atoms with Gasteiger partial charge in [-0.25, -0.2) is 9.78 Å². The lowest BCUT2D eigenvalue weighted by Gasteiger charge is -2.36. The van der Waals surface area contributed by atoms with Gasteiger partial charge in [-0.3, -0.25) is 0 Å². The molecule has 1 aliphatic carbocycles. The van der Waals surface area contributed by atoms with Crippen LogP contribution < -0.4 is 19.7 Å². The number of hydrogen-bond donors (Lipinski definition) is 1. The number of amides is 2. The Morgan fingerprint density at radius 1 is 1.10 bits per heavy atom. The molecule has 2 aromatic rings. The first-order valence-corrected chi connectivity index (χ1v) is 11.3. The van der Waals surface area contributed by atoms with Crippen molar-refractivity contribution < 1.29 is 14.3 Å². The van der Waals surface area contributed by atoms with Crippen molar-refractivity contribution in [3.05, 3.63) is 48.2 Å². The van der Waals surface area contributed by atoms with E-state index in [-0.39, 0.29) is 12.1 Å². The number of urea groups is 1. The van der Waals surface area contributed by atoms with Crippen molar-refractivity contribution >= 4 is 11.7 Å². The summed E-state index contributed by atoms with van der Waals surface area (Å²) in [7, 11) is 0. The van der Waals surface area contributed by atoms with Crippen molar-refractivity contribution in [3.8, 4) is 11.6 Å². The van der Waals surface area contributed by atoms with Crippen molar-refractivity contribution in [1.82, 2.24) is 15.2 Å². The predicted molar refractivity (Wildman–Crippen MR) is 121 cm³/mol. The third-order valence-corrected chi connectivity index (χ3v) is 5.93. The number of hydrogen-bond acceptors (Lipinski definition) is 5. The van der Waals surface area contributed by atoms with E-state index < -0.39 is 0 Å². The molecule has 4 rings (SSSR count). The number of piperazine rings is 1. The Balaban J connectivity index is 1.29. The monoisotopic (exact) mass is 424 g/mol. The van der Waals surface area contributed by atoms with Crippen molar-refractivity contribution in [2.75, 3.05) is 37.7 Å². The smallest absolute Gasteiger partial charge is 0.317 e. The lowest BCUT2D eigenvalue weighted by atomic mass is 10.2.